The maximum atomic E-state index is 11.4. The average molecular weight is 196 g/mol. The van der Waals surface area contributed by atoms with Crippen LogP contribution in [-0.4, -0.2) is 30.7 Å². The van der Waals surface area contributed by atoms with Crippen molar-refractivity contribution >= 4 is 6.09 Å². The van der Waals surface area contributed by atoms with Crippen LogP contribution < -0.4 is 0 Å². The van der Waals surface area contributed by atoms with E-state index in [1.54, 1.807) is 4.90 Å². The first kappa shape index (κ1) is 10.8. The summed E-state index contributed by atoms with van der Waals surface area (Å²) in [7, 11) is 1.40. The summed E-state index contributed by atoms with van der Waals surface area (Å²) in [6.07, 6.45) is 2.08. The summed E-state index contributed by atoms with van der Waals surface area (Å²) in [4.78, 5) is 13.1. The molecule has 0 aromatic carbocycles. The molecule has 0 bridgehead atoms. The van der Waals surface area contributed by atoms with E-state index in [0.29, 0.717) is 12.3 Å². The van der Waals surface area contributed by atoms with Gasteiger partial charge in [0, 0.05) is 19.0 Å². The zero-order chi connectivity index (χ0) is 10.6. The second-order valence-corrected chi connectivity index (χ2v) is 3.55. The lowest BCUT2D eigenvalue weighted by atomic mass is 9.95. The minimum absolute atomic E-state index is 0.182. The smallest absolute Gasteiger partial charge is 0.409 e. The monoisotopic (exact) mass is 196 g/mol. The lowest BCUT2D eigenvalue weighted by Crippen LogP contribution is -2.37. The number of methoxy groups -OCH3 is 1. The summed E-state index contributed by atoms with van der Waals surface area (Å²) in [5.41, 5.74) is 0. The van der Waals surface area contributed by atoms with Crippen LogP contribution >= 0.6 is 0 Å². The van der Waals surface area contributed by atoms with E-state index in [2.05, 4.69) is 6.07 Å². The van der Waals surface area contributed by atoms with Crippen LogP contribution in [0.15, 0.2) is 0 Å². The van der Waals surface area contributed by atoms with Crippen molar-refractivity contribution in [3.63, 3.8) is 0 Å². The van der Waals surface area contributed by atoms with E-state index in [0.717, 1.165) is 19.4 Å². The molecule has 0 aromatic heterocycles. The van der Waals surface area contributed by atoms with Gasteiger partial charge in [-0.3, -0.25) is 0 Å². The van der Waals surface area contributed by atoms with Gasteiger partial charge in [0.15, 0.2) is 0 Å². The van der Waals surface area contributed by atoms with Crippen LogP contribution in [0.3, 0.4) is 0 Å². The van der Waals surface area contributed by atoms with E-state index >= 15 is 0 Å². The van der Waals surface area contributed by atoms with Crippen molar-refractivity contribution in [1.29, 1.82) is 5.26 Å². The molecule has 4 heteroatoms. The Balaban J connectivity index is 2.64. The number of nitriles is 1. The second-order valence-electron chi connectivity index (χ2n) is 3.55. The molecular formula is C10H16N2O2. The van der Waals surface area contributed by atoms with Crippen LogP contribution in [0.4, 0.5) is 4.79 Å². The zero-order valence-corrected chi connectivity index (χ0v) is 8.69. The molecule has 0 radical (unpaired) electrons. The van der Waals surface area contributed by atoms with Crippen molar-refractivity contribution < 1.29 is 9.53 Å². The molecule has 1 rings (SSSR count). The van der Waals surface area contributed by atoms with Gasteiger partial charge < -0.3 is 9.64 Å². The van der Waals surface area contributed by atoms with E-state index in [-0.39, 0.29) is 12.1 Å². The van der Waals surface area contributed by atoms with Crippen molar-refractivity contribution in [2.24, 2.45) is 5.92 Å². The number of hydrogen-bond donors (Lipinski definition) is 0. The number of ether oxygens (including phenoxy) is 1. The lowest BCUT2D eigenvalue weighted by Gasteiger charge is -2.24. The van der Waals surface area contributed by atoms with Gasteiger partial charge in [0.1, 0.15) is 0 Å². The molecule has 1 heterocycles. The predicted octanol–water partition coefficient (Wildman–Crippen LogP) is 1.77. The molecule has 0 spiro atoms. The standard InChI is InChI=1S/C10H16N2O2/c1-3-9-8(4-6-11)5-7-12(9)10(13)14-2/h8-9H,3-5,7H2,1-2H3. The highest BCUT2D eigenvalue weighted by atomic mass is 16.5. The molecule has 0 saturated carbocycles. The van der Waals surface area contributed by atoms with Crippen LogP contribution in [-0.2, 0) is 4.74 Å². The zero-order valence-electron chi connectivity index (χ0n) is 8.69. The van der Waals surface area contributed by atoms with Gasteiger partial charge in [0.05, 0.1) is 13.2 Å². The van der Waals surface area contributed by atoms with E-state index in [4.69, 9.17) is 10.00 Å². The third-order valence-electron chi connectivity index (χ3n) is 2.87. The summed E-state index contributed by atoms with van der Waals surface area (Å²) >= 11 is 0. The summed E-state index contributed by atoms with van der Waals surface area (Å²) in [6.45, 7) is 2.76. The van der Waals surface area contributed by atoms with Gasteiger partial charge in [-0.2, -0.15) is 5.26 Å². The molecule has 0 N–H and O–H groups in total. The van der Waals surface area contributed by atoms with Gasteiger partial charge in [-0.25, -0.2) is 4.79 Å². The molecule has 1 amide bonds. The first-order valence-electron chi connectivity index (χ1n) is 4.96. The number of likely N-dealkylation sites (tertiary alicyclic amines) is 1. The number of carbonyl (C=O) groups is 1. The normalized spacial score (nSPS) is 25.9. The van der Waals surface area contributed by atoms with Gasteiger partial charge in [0.25, 0.3) is 0 Å². The molecule has 0 aromatic rings. The summed E-state index contributed by atoms with van der Waals surface area (Å²) < 4.78 is 4.70. The number of hydrogen-bond acceptors (Lipinski definition) is 3. The predicted molar refractivity (Wildman–Crippen MR) is 51.5 cm³/mol. The molecule has 0 aliphatic carbocycles. The SMILES string of the molecule is CCC1C(CC#N)CCN1C(=O)OC. The summed E-state index contributed by atoms with van der Waals surface area (Å²) in [5, 5.41) is 8.64. The minimum atomic E-state index is -0.266. The van der Waals surface area contributed by atoms with E-state index in [9.17, 15) is 4.79 Å². The minimum Gasteiger partial charge on any atom is -0.453 e. The first-order valence-corrected chi connectivity index (χ1v) is 4.96. The van der Waals surface area contributed by atoms with E-state index < -0.39 is 0 Å². The Morgan fingerprint density at radius 3 is 2.93 bits per heavy atom. The number of carbonyl (C=O) groups excluding carboxylic acids is 1. The topological polar surface area (TPSA) is 53.3 Å². The van der Waals surface area contributed by atoms with Gasteiger partial charge in [-0.1, -0.05) is 6.92 Å². The van der Waals surface area contributed by atoms with Crippen molar-refractivity contribution in [2.45, 2.75) is 32.2 Å². The molecule has 1 saturated heterocycles. The number of rotatable bonds is 2. The fraction of sp³-hybridized carbons (Fsp3) is 0.800. The highest BCUT2D eigenvalue weighted by molar-refractivity contribution is 5.68. The Morgan fingerprint density at radius 2 is 2.43 bits per heavy atom. The first-order chi connectivity index (χ1) is 6.74. The van der Waals surface area contributed by atoms with Crippen LogP contribution in [0.5, 0.6) is 0 Å². The van der Waals surface area contributed by atoms with Crippen LogP contribution in [0.2, 0.25) is 0 Å². The molecular weight excluding hydrogens is 180 g/mol. The van der Waals surface area contributed by atoms with Crippen molar-refractivity contribution in [2.75, 3.05) is 13.7 Å². The third kappa shape index (κ3) is 1.98. The molecule has 4 nitrogen and oxygen atoms in total. The van der Waals surface area contributed by atoms with Crippen LogP contribution in [0, 0.1) is 17.2 Å². The molecule has 2 atom stereocenters. The fourth-order valence-corrected chi connectivity index (χ4v) is 2.17. The maximum Gasteiger partial charge on any atom is 0.409 e. The highest BCUT2D eigenvalue weighted by Crippen LogP contribution is 2.29. The fourth-order valence-electron chi connectivity index (χ4n) is 2.17. The Hall–Kier alpha value is -1.24. The molecule has 1 aliphatic heterocycles. The third-order valence-corrected chi connectivity index (χ3v) is 2.87. The average Bonchev–Trinajstić information content (AvgIpc) is 2.60. The molecule has 14 heavy (non-hydrogen) atoms. The maximum absolute atomic E-state index is 11.4. The van der Waals surface area contributed by atoms with Crippen molar-refractivity contribution in [3.8, 4) is 6.07 Å². The summed E-state index contributed by atoms with van der Waals surface area (Å²) in [5.74, 6) is 0.323. The van der Waals surface area contributed by atoms with Gasteiger partial charge in [0.2, 0.25) is 0 Å². The van der Waals surface area contributed by atoms with Crippen LogP contribution in [0.1, 0.15) is 26.2 Å². The largest absolute Gasteiger partial charge is 0.453 e. The number of nitrogens with zero attached hydrogens (tertiary/aromatic N) is 2. The Labute approximate surface area is 84.4 Å². The Morgan fingerprint density at radius 1 is 1.71 bits per heavy atom. The van der Waals surface area contributed by atoms with Crippen molar-refractivity contribution in [1.82, 2.24) is 4.90 Å². The molecule has 2 unspecified atom stereocenters. The Kier molecular flexibility index (Phi) is 3.75. The highest BCUT2D eigenvalue weighted by Gasteiger charge is 2.35. The molecule has 1 fully saturated rings. The van der Waals surface area contributed by atoms with E-state index in [1.165, 1.54) is 7.11 Å². The van der Waals surface area contributed by atoms with Crippen LogP contribution in [0.25, 0.3) is 0 Å². The Bertz CT molecular complexity index is 247. The summed E-state index contributed by atoms with van der Waals surface area (Å²) in [6, 6.07) is 2.36. The van der Waals surface area contributed by atoms with Gasteiger partial charge >= 0.3 is 6.09 Å². The molecule has 1 aliphatic rings. The van der Waals surface area contributed by atoms with E-state index in [1.807, 2.05) is 6.92 Å². The van der Waals surface area contributed by atoms with Crippen molar-refractivity contribution in [3.05, 3.63) is 0 Å². The molecule has 78 valence electrons. The lowest BCUT2D eigenvalue weighted by molar-refractivity contribution is 0.113. The quantitative estimate of drug-likeness (QED) is 0.676. The second kappa shape index (κ2) is 4.85. The van der Waals surface area contributed by atoms with Gasteiger partial charge in [-0.15, -0.1) is 0 Å². The number of amides is 1. The van der Waals surface area contributed by atoms with Gasteiger partial charge in [-0.05, 0) is 18.8 Å².